The van der Waals surface area contributed by atoms with Crippen LogP contribution < -0.4 is 15.5 Å². The Kier molecular flexibility index (Phi) is 8.73. The second kappa shape index (κ2) is 11.6. The molecule has 0 aliphatic rings. The zero-order valence-corrected chi connectivity index (χ0v) is 23.3. The normalized spacial score (nSPS) is 11.9. The Labute approximate surface area is 224 Å². The smallest absolute Gasteiger partial charge is 0.253 e. The van der Waals surface area contributed by atoms with E-state index < -0.39 is 5.82 Å². The van der Waals surface area contributed by atoms with Gasteiger partial charge in [-0.3, -0.25) is 14.6 Å². The van der Waals surface area contributed by atoms with Crippen LogP contribution in [-0.2, 0) is 11.2 Å². The summed E-state index contributed by atoms with van der Waals surface area (Å²) in [4.78, 5) is 30.9. The molecule has 9 heteroatoms. The van der Waals surface area contributed by atoms with Gasteiger partial charge in [0.05, 0.1) is 11.9 Å². The molecule has 204 valence electrons. The van der Waals surface area contributed by atoms with Crippen molar-refractivity contribution in [2.45, 2.75) is 46.6 Å². The molecule has 3 aromatic rings. The van der Waals surface area contributed by atoms with Gasteiger partial charge >= 0.3 is 0 Å². The first kappa shape index (κ1) is 28.6. The number of hydrogen-bond acceptors (Lipinski definition) is 6. The predicted molar refractivity (Wildman–Crippen MR) is 149 cm³/mol. The molecule has 0 aliphatic heterocycles. The lowest BCUT2D eigenvalue weighted by atomic mass is 10.1. The van der Waals surface area contributed by atoms with Crippen LogP contribution in [0.3, 0.4) is 0 Å². The summed E-state index contributed by atoms with van der Waals surface area (Å²) in [5.41, 5.74) is 5.59. The lowest BCUT2D eigenvalue weighted by molar-refractivity contribution is -0.119. The number of aryl methyl sites for hydroxylation is 1. The molecule has 38 heavy (non-hydrogen) atoms. The van der Waals surface area contributed by atoms with Gasteiger partial charge in [0.1, 0.15) is 17.3 Å². The van der Waals surface area contributed by atoms with E-state index in [0.717, 1.165) is 0 Å². The number of aromatic nitrogens is 1. The van der Waals surface area contributed by atoms with Gasteiger partial charge < -0.3 is 20.0 Å². The molecule has 2 aromatic carbocycles. The number of carbonyl (C=O) groups is 2. The molecule has 2 N–H and O–H groups in total. The molecule has 8 nitrogen and oxygen atoms in total. The number of nitrogens with one attached hydrogen (secondary N) is 2. The number of hydrazine groups is 1. The molecule has 0 saturated heterocycles. The fraction of sp³-hybridized carbons (Fsp3) is 0.345. The first-order chi connectivity index (χ1) is 17.8. The average molecular weight is 524 g/mol. The van der Waals surface area contributed by atoms with Crippen LogP contribution in [0.5, 0.6) is 11.5 Å². The van der Waals surface area contributed by atoms with Crippen LogP contribution in [0.4, 0.5) is 4.39 Å². The van der Waals surface area contributed by atoms with Crippen molar-refractivity contribution in [1.29, 1.82) is 0 Å². The highest BCUT2D eigenvalue weighted by molar-refractivity contribution is 5.99. The third-order valence-electron chi connectivity index (χ3n) is 5.89. The maximum absolute atomic E-state index is 15.1. The molecule has 0 saturated carbocycles. The lowest BCUT2D eigenvalue weighted by Gasteiger charge is -2.34. The van der Waals surface area contributed by atoms with E-state index in [4.69, 9.17) is 4.74 Å². The molecule has 0 fully saturated rings. The van der Waals surface area contributed by atoms with E-state index >= 15 is 4.39 Å². The fourth-order valence-electron chi connectivity index (χ4n) is 3.94. The second-order valence-corrected chi connectivity index (χ2v) is 10.4. The number of pyridine rings is 1. The van der Waals surface area contributed by atoms with Gasteiger partial charge in [-0.2, -0.15) is 0 Å². The Morgan fingerprint density at radius 2 is 1.84 bits per heavy atom. The molecule has 1 heterocycles. The molecule has 0 bridgehead atoms. The number of hydrogen-bond donors (Lipinski definition) is 2. The summed E-state index contributed by atoms with van der Waals surface area (Å²) in [6, 6.07) is 9.75. The molecule has 2 amide bonds. The third-order valence-corrected chi connectivity index (χ3v) is 5.89. The Bertz CT molecular complexity index is 1390. The average Bonchev–Trinajstić information content (AvgIpc) is 2.84. The number of allylic oxidation sites excluding steroid dienone is 1. The number of rotatable bonds is 8. The van der Waals surface area contributed by atoms with E-state index in [2.05, 4.69) is 15.7 Å². The molecular weight excluding hydrogens is 485 g/mol. The van der Waals surface area contributed by atoms with Crippen LogP contribution in [0.1, 0.15) is 50.6 Å². The summed E-state index contributed by atoms with van der Waals surface area (Å²) in [6.07, 6.45) is 3.27. The monoisotopic (exact) mass is 523 g/mol. The van der Waals surface area contributed by atoms with E-state index in [-0.39, 0.29) is 30.8 Å². The summed E-state index contributed by atoms with van der Waals surface area (Å²) in [7, 11) is 5.17. The molecule has 0 aliphatic carbocycles. The molecule has 0 spiro atoms. The van der Waals surface area contributed by atoms with E-state index in [1.54, 1.807) is 77.7 Å². The van der Waals surface area contributed by atoms with E-state index in [9.17, 15) is 9.59 Å². The number of benzene rings is 2. The van der Waals surface area contributed by atoms with Gasteiger partial charge in [0.15, 0.2) is 0 Å². The van der Waals surface area contributed by atoms with Gasteiger partial charge in [0, 0.05) is 63.2 Å². The first-order valence-electron chi connectivity index (χ1n) is 12.3. The highest BCUT2D eigenvalue weighted by atomic mass is 19.1. The number of amides is 2. The Morgan fingerprint density at radius 3 is 2.47 bits per heavy atom. The second-order valence-electron chi connectivity index (χ2n) is 10.4. The molecule has 1 aromatic heterocycles. The van der Waals surface area contributed by atoms with E-state index in [1.807, 2.05) is 25.8 Å². The molecule has 0 unspecified atom stereocenters. The zero-order valence-electron chi connectivity index (χ0n) is 23.3. The van der Waals surface area contributed by atoms with Crippen LogP contribution in [0.15, 0.2) is 54.5 Å². The van der Waals surface area contributed by atoms with Crippen LogP contribution in [0, 0.1) is 12.7 Å². The van der Waals surface area contributed by atoms with Crippen LogP contribution in [0.25, 0.3) is 10.9 Å². The van der Waals surface area contributed by atoms with Crippen LogP contribution >= 0.6 is 0 Å². The van der Waals surface area contributed by atoms with Gasteiger partial charge in [-0.15, -0.1) is 0 Å². The summed E-state index contributed by atoms with van der Waals surface area (Å²) in [5.74, 6) is -0.252. The van der Waals surface area contributed by atoms with Crippen molar-refractivity contribution in [3.63, 3.8) is 0 Å². The van der Waals surface area contributed by atoms with Crippen LogP contribution in [0.2, 0.25) is 0 Å². The van der Waals surface area contributed by atoms with E-state index in [0.29, 0.717) is 39.2 Å². The molecule has 0 atom stereocenters. The fourth-order valence-corrected chi connectivity index (χ4v) is 3.94. The largest absolute Gasteiger partial charge is 0.456 e. The topological polar surface area (TPSA) is 86.8 Å². The van der Waals surface area contributed by atoms with Gasteiger partial charge in [-0.25, -0.2) is 9.82 Å². The zero-order chi connectivity index (χ0) is 28.2. The SMILES string of the molecule is CNN(/C=C(\C)NC(=O)Cc1cc(C)c(Oc2ccnc3ccc(C(=O)N(C)C)cc23)cc1F)C(C)(C)C.[HH]. The quantitative estimate of drug-likeness (QED) is 0.396. The first-order valence-corrected chi connectivity index (χ1v) is 12.3. The Balaban J connectivity index is 0.00000533. The van der Waals surface area contributed by atoms with Gasteiger partial charge in [0.25, 0.3) is 5.91 Å². The minimum absolute atomic E-state index is 0. The van der Waals surface area contributed by atoms with Gasteiger partial charge in [0.2, 0.25) is 5.91 Å². The van der Waals surface area contributed by atoms with Gasteiger partial charge in [-0.05, 0) is 76.1 Å². The number of nitrogens with zero attached hydrogens (tertiary/aromatic N) is 3. The highest BCUT2D eigenvalue weighted by Crippen LogP contribution is 2.33. The highest BCUT2D eigenvalue weighted by Gasteiger charge is 2.18. The van der Waals surface area contributed by atoms with Crippen molar-refractivity contribution in [2.24, 2.45) is 0 Å². The molecule has 0 radical (unpaired) electrons. The van der Waals surface area contributed by atoms with Crippen molar-refractivity contribution >= 4 is 22.7 Å². The number of ether oxygens (including phenoxy) is 1. The standard InChI is InChI=1S/C29H36FN5O3.H2/c1-18-13-21(15-27(36)33-19(2)17-35(31-6)29(3,4)5)23(30)16-26(18)38-25-11-12-32-24-10-9-20(14-22(24)25)28(37)34(7)8;/h9-14,16-17,31H,15H2,1-8H3,(H,33,36);1H/b19-17+;. The molecule has 3 rings (SSSR count). The van der Waals surface area contributed by atoms with Crippen molar-refractivity contribution in [1.82, 2.24) is 25.6 Å². The maximum atomic E-state index is 15.1. The Hall–Kier alpha value is -3.98. The Morgan fingerprint density at radius 1 is 1.13 bits per heavy atom. The molecular formula is C29H38FN5O3. The number of carbonyl (C=O) groups excluding carboxylic acids is 2. The third kappa shape index (κ3) is 6.86. The lowest BCUT2D eigenvalue weighted by Crippen LogP contribution is -2.45. The minimum Gasteiger partial charge on any atom is -0.456 e. The number of fused-ring (bicyclic) bond motifs is 1. The predicted octanol–water partition coefficient (Wildman–Crippen LogP) is 5.18. The minimum atomic E-state index is -0.546. The van der Waals surface area contributed by atoms with E-state index in [1.165, 1.54) is 11.0 Å². The van der Waals surface area contributed by atoms with Crippen molar-refractivity contribution in [2.75, 3.05) is 21.1 Å². The summed E-state index contributed by atoms with van der Waals surface area (Å²) >= 11 is 0. The summed E-state index contributed by atoms with van der Waals surface area (Å²) in [6.45, 7) is 9.68. The van der Waals surface area contributed by atoms with Gasteiger partial charge in [-0.1, -0.05) is 0 Å². The summed E-state index contributed by atoms with van der Waals surface area (Å²) in [5, 5.41) is 5.33. The van der Waals surface area contributed by atoms with Crippen molar-refractivity contribution in [3.05, 3.63) is 77.0 Å². The van der Waals surface area contributed by atoms with Crippen molar-refractivity contribution < 1.29 is 20.1 Å². The van der Waals surface area contributed by atoms with Crippen molar-refractivity contribution in [3.8, 4) is 11.5 Å². The van der Waals surface area contributed by atoms with Crippen LogP contribution in [-0.4, -0.2) is 53.4 Å². The maximum Gasteiger partial charge on any atom is 0.253 e. The number of halogens is 1. The summed E-state index contributed by atoms with van der Waals surface area (Å²) < 4.78 is 21.2.